The maximum atomic E-state index is 12.7. The Morgan fingerprint density at radius 3 is 2.62 bits per heavy atom. The molecule has 0 aliphatic carbocycles. The number of ether oxygens (including phenoxy) is 2. The normalized spacial score (nSPS) is 10.9. The zero-order valence-corrected chi connectivity index (χ0v) is 15.0. The Bertz CT molecular complexity index is 1080. The average molecular weight is 377 g/mol. The molecule has 2 N–H and O–H groups in total. The summed E-state index contributed by atoms with van der Waals surface area (Å²) in [5.74, 6) is -1.36. The van der Waals surface area contributed by atoms with Crippen molar-refractivity contribution in [2.45, 2.75) is 6.54 Å². The van der Waals surface area contributed by atoms with Crippen molar-refractivity contribution in [1.82, 2.24) is 19.3 Å². The molecule has 3 heterocycles. The minimum absolute atomic E-state index is 0.0380. The second kappa shape index (κ2) is 6.59. The molecule has 3 aromatic heterocycles. The molecule has 3 aromatic rings. The van der Waals surface area contributed by atoms with Crippen molar-refractivity contribution in [3.8, 4) is 0 Å². The van der Waals surface area contributed by atoms with Crippen LogP contribution in [0.4, 0.5) is 5.00 Å². The van der Waals surface area contributed by atoms with Crippen LogP contribution in [0.5, 0.6) is 0 Å². The van der Waals surface area contributed by atoms with E-state index >= 15 is 0 Å². The van der Waals surface area contributed by atoms with E-state index in [4.69, 9.17) is 15.2 Å². The molecule has 0 amide bonds. The molecular weight excluding hydrogens is 362 g/mol. The van der Waals surface area contributed by atoms with Gasteiger partial charge in [-0.3, -0.25) is 14.0 Å². The zero-order chi connectivity index (χ0) is 19.0. The average Bonchev–Trinajstić information content (AvgIpc) is 3.17. The highest BCUT2D eigenvalue weighted by atomic mass is 32.1. The lowest BCUT2D eigenvalue weighted by Crippen LogP contribution is -2.23. The largest absolute Gasteiger partial charge is 0.465 e. The standard InChI is InChI=1S/C15H15N5O5S/c1-19-12-7(4-18-19)13(21)20(6-17-12)5-8-9(14(22)24-2)11(16)26-10(8)15(23)25-3/h4,6H,5,16H2,1-3H3. The molecule has 0 atom stereocenters. The third-order valence-electron chi connectivity index (χ3n) is 3.84. The lowest BCUT2D eigenvalue weighted by molar-refractivity contribution is 0.0601. The summed E-state index contributed by atoms with van der Waals surface area (Å²) < 4.78 is 12.2. The molecule has 136 valence electrons. The van der Waals surface area contributed by atoms with Crippen LogP contribution in [0.2, 0.25) is 0 Å². The first-order valence-electron chi connectivity index (χ1n) is 7.34. The predicted octanol–water partition coefficient (Wildman–Crippen LogP) is 0.395. The molecule has 26 heavy (non-hydrogen) atoms. The van der Waals surface area contributed by atoms with E-state index in [1.54, 1.807) is 7.05 Å². The Kier molecular flexibility index (Phi) is 4.47. The molecule has 0 aliphatic rings. The van der Waals surface area contributed by atoms with E-state index in [0.29, 0.717) is 11.0 Å². The van der Waals surface area contributed by atoms with Crippen LogP contribution in [0.25, 0.3) is 11.0 Å². The van der Waals surface area contributed by atoms with E-state index < -0.39 is 11.9 Å². The minimum Gasteiger partial charge on any atom is -0.465 e. The van der Waals surface area contributed by atoms with Gasteiger partial charge in [0.2, 0.25) is 0 Å². The van der Waals surface area contributed by atoms with Crippen molar-refractivity contribution in [2.75, 3.05) is 20.0 Å². The van der Waals surface area contributed by atoms with Gasteiger partial charge < -0.3 is 15.2 Å². The number of rotatable bonds is 4. The Balaban J connectivity index is 2.17. The van der Waals surface area contributed by atoms with Gasteiger partial charge in [-0.25, -0.2) is 14.6 Å². The highest BCUT2D eigenvalue weighted by Gasteiger charge is 2.27. The molecule has 0 aromatic carbocycles. The van der Waals surface area contributed by atoms with Gasteiger partial charge in [0.05, 0.1) is 32.5 Å². The van der Waals surface area contributed by atoms with Gasteiger partial charge in [-0.05, 0) is 0 Å². The molecule has 0 fully saturated rings. The van der Waals surface area contributed by atoms with Crippen LogP contribution in [0.3, 0.4) is 0 Å². The fourth-order valence-electron chi connectivity index (χ4n) is 2.57. The first-order chi connectivity index (χ1) is 12.4. The van der Waals surface area contributed by atoms with E-state index in [1.807, 2.05) is 0 Å². The minimum atomic E-state index is -0.702. The number of nitrogens with zero attached hydrogens (tertiary/aromatic N) is 4. The number of thiophene rings is 1. The van der Waals surface area contributed by atoms with Crippen LogP contribution in [0, 0.1) is 0 Å². The summed E-state index contributed by atoms with van der Waals surface area (Å²) in [6.07, 6.45) is 2.73. The number of esters is 2. The van der Waals surface area contributed by atoms with Gasteiger partial charge in [-0.15, -0.1) is 11.3 Å². The fraction of sp³-hybridized carbons (Fsp3) is 0.267. The van der Waals surface area contributed by atoms with Crippen molar-refractivity contribution in [3.05, 3.63) is 38.9 Å². The first-order valence-corrected chi connectivity index (χ1v) is 8.15. The summed E-state index contributed by atoms with van der Waals surface area (Å²) in [6.45, 7) is -0.0980. The Morgan fingerprint density at radius 2 is 1.96 bits per heavy atom. The molecule has 0 spiro atoms. The molecule has 11 heteroatoms. The van der Waals surface area contributed by atoms with E-state index in [-0.39, 0.29) is 33.1 Å². The number of methoxy groups -OCH3 is 2. The number of aromatic nitrogens is 4. The maximum Gasteiger partial charge on any atom is 0.348 e. The summed E-state index contributed by atoms with van der Waals surface area (Å²) in [4.78, 5) is 41.2. The van der Waals surface area contributed by atoms with E-state index in [9.17, 15) is 14.4 Å². The number of nitrogen functional groups attached to an aromatic ring is 1. The number of anilines is 1. The molecular formula is C15H15N5O5S. The molecule has 0 saturated heterocycles. The third kappa shape index (κ3) is 2.71. The summed E-state index contributed by atoms with van der Waals surface area (Å²) in [6, 6.07) is 0. The van der Waals surface area contributed by atoms with Crippen LogP contribution in [-0.4, -0.2) is 45.5 Å². The van der Waals surface area contributed by atoms with Crippen LogP contribution in [0.15, 0.2) is 17.3 Å². The Morgan fingerprint density at radius 1 is 1.27 bits per heavy atom. The summed E-state index contributed by atoms with van der Waals surface area (Å²) in [5.41, 5.74) is 6.24. The number of fused-ring (bicyclic) bond motifs is 1. The second-order valence-corrected chi connectivity index (χ2v) is 6.37. The lowest BCUT2D eigenvalue weighted by Gasteiger charge is -2.08. The van der Waals surface area contributed by atoms with Crippen LogP contribution < -0.4 is 11.3 Å². The van der Waals surface area contributed by atoms with E-state index in [1.165, 1.54) is 36.0 Å². The SMILES string of the molecule is COC(=O)c1sc(N)c(C(=O)OC)c1Cn1cnc2c(cnn2C)c1=O. The smallest absolute Gasteiger partial charge is 0.348 e. The van der Waals surface area contributed by atoms with Crippen LogP contribution >= 0.6 is 11.3 Å². The monoisotopic (exact) mass is 377 g/mol. The predicted molar refractivity (Wildman–Crippen MR) is 93.3 cm³/mol. The van der Waals surface area contributed by atoms with Crippen molar-refractivity contribution >= 4 is 39.3 Å². The van der Waals surface area contributed by atoms with Gasteiger partial charge in [-0.1, -0.05) is 0 Å². The first kappa shape index (κ1) is 17.6. The molecule has 10 nitrogen and oxygen atoms in total. The third-order valence-corrected chi connectivity index (χ3v) is 4.88. The number of nitrogens with two attached hydrogens (primary N) is 1. The number of carbonyl (C=O) groups is 2. The van der Waals surface area contributed by atoms with Gasteiger partial charge in [0, 0.05) is 12.6 Å². The van der Waals surface area contributed by atoms with Gasteiger partial charge in [0.1, 0.15) is 21.6 Å². The van der Waals surface area contributed by atoms with E-state index in [0.717, 1.165) is 11.3 Å². The molecule has 3 rings (SSSR count). The molecule has 0 radical (unpaired) electrons. The summed E-state index contributed by atoms with van der Waals surface area (Å²) in [5, 5.41) is 4.43. The van der Waals surface area contributed by atoms with Crippen LogP contribution in [0.1, 0.15) is 25.6 Å². The van der Waals surface area contributed by atoms with E-state index in [2.05, 4.69) is 10.1 Å². The Labute approximate surface area is 150 Å². The number of hydrogen-bond donors (Lipinski definition) is 1. The molecule has 0 unspecified atom stereocenters. The number of carbonyl (C=O) groups excluding carboxylic acids is 2. The van der Waals surface area contributed by atoms with Crippen molar-refractivity contribution < 1.29 is 19.1 Å². The second-order valence-electron chi connectivity index (χ2n) is 5.32. The highest BCUT2D eigenvalue weighted by Crippen LogP contribution is 2.32. The summed E-state index contributed by atoms with van der Waals surface area (Å²) >= 11 is 0.900. The van der Waals surface area contributed by atoms with Crippen molar-refractivity contribution in [2.24, 2.45) is 7.05 Å². The molecule has 0 aliphatic heterocycles. The fourth-order valence-corrected chi connectivity index (χ4v) is 3.55. The maximum absolute atomic E-state index is 12.7. The van der Waals surface area contributed by atoms with Gasteiger partial charge in [0.25, 0.3) is 5.56 Å². The van der Waals surface area contributed by atoms with Gasteiger partial charge >= 0.3 is 11.9 Å². The molecule has 0 bridgehead atoms. The Hall–Kier alpha value is -3.21. The van der Waals surface area contributed by atoms with Crippen LogP contribution in [-0.2, 0) is 23.1 Å². The zero-order valence-electron chi connectivity index (χ0n) is 14.2. The van der Waals surface area contributed by atoms with Crippen molar-refractivity contribution in [1.29, 1.82) is 0 Å². The highest BCUT2D eigenvalue weighted by molar-refractivity contribution is 7.18. The quantitative estimate of drug-likeness (QED) is 0.646. The lowest BCUT2D eigenvalue weighted by atomic mass is 10.1. The topological polar surface area (TPSA) is 131 Å². The molecule has 0 saturated carbocycles. The van der Waals surface area contributed by atoms with Crippen molar-refractivity contribution in [3.63, 3.8) is 0 Å². The van der Waals surface area contributed by atoms with Gasteiger partial charge in [0.15, 0.2) is 5.65 Å². The number of aryl methyl sites for hydroxylation is 1. The summed E-state index contributed by atoms with van der Waals surface area (Å²) in [7, 11) is 4.09. The number of hydrogen-bond acceptors (Lipinski definition) is 9. The van der Waals surface area contributed by atoms with Gasteiger partial charge in [-0.2, -0.15) is 5.10 Å².